The van der Waals surface area contributed by atoms with Crippen LogP contribution in [0.5, 0.6) is 0 Å². The van der Waals surface area contributed by atoms with Crippen molar-refractivity contribution in [2.45, 2.75) is 11.3 Å². The Kier molecular flexibility index (Phi) is 5.12. The molecule has 0 bridgehead atoms. The summed E-state index contributed by atoms with van der Waals surface area (Å²) in [6.45, 7) is -0.0315. The van der Waals surface area contributed by atoms with Crippen molar-refractivity contribution in [3.05, 3.63) is 22.7 Å². The minimum atomic E-state index is -3.70. The number of ether oxygens (including phenoxy) is 1. The number of carbonyl (C=O) groups excluding carboxylic acids is 1. The number of carbonyl (C=O) groups is 1. The number of methoxy groups -OCH3 is 1. The molecule has 0 heterocycles. The van der Waals surface area contributed by atoms with Crippen molar-refractivity contribution in [3.8, 4) is 0 Å². The Hall–Kier alpha value is -1.12. The van der Waals surface area contributed by atoms with Gasteiger partial charge >= 0.3 is 5.97 Å². The summed E-state index contributed by atoms with van der Waals surface area (Å²) in [6, 6.07) is 4.46. The molecule has 100 valence electrons. The third-order valence-electron chi connectivity index (χ3n) is 2.09. The summed E-state index contributed by atoms with van der Waals surface area (Å²) in [5.74, 6) is -0.482. The third kappa shape index (κ3) is 3.97. The van der Waals surface area contributed by atoms with Gasteiger partial charge in [0.15, 0.2) is 0 Å². The lowest BCUT2D eigenvalue weighted by atomic mass is 10.3. The van der Waals surface area contributed by atoms with Gasteiger partial charge in [0, 0.05) is 16.7 Å². The summed E-state index contributed by atoms with van der Waals surface area (Å²) in [7, 11) is -2.46. The first-order valence-corrected chi connectivity index (χ1v) is 7.26. The predicted octanol–water partition coefficient (Wildman–Crippen LogP) is 0.873. The molecule has 0 aliphatic heterocycles. The van der Waals surface area contributed by atoms with E-state index in [1.807, 2.05) is 0 Å². The molecular formula is C10H13BrN2O4S. The molecule has 18 heavy (non-hydrogen) atoms. The normalized spacial score (nSPS) is 11.2. The van der Waals surface area contributed by atoms with Gasteiger partial charge < -0.3 is 10.5 Å². The highest BCUT2D eigenvalue weighted by Crippen LogP contribution is 2.23. The standard InChI is InChI=1S/C10H13BrN2O4S/c1-17-10(14)4-5-13-18(15,16)9-6-7(12)2-3-8(9)11/h2-3,6,13H,4-5,12H2,1H3. The summed E-state index contributed by atoms with van der Waals surface area (Å²) in [4.78, 5) is 10.9. The molecule has 0 saturated heterocycles. The second-order valence-corrected chi connectivity index (χ2v) is 6.00. The van der Waals surface area contributed by atoms with E-state index in [0.717, 1.165) is 0 Å². The van der Waals surface area contributed by atoms with E-state index in [2.05, 4.69) is 25.4 Å². The topological polar surface area (TPSA) is 98.5 Å². The molecule has 0 unspecified atom stereocenters. The van der Waals surface area contributed by atoms with Crippen molar-refractivity contribution in [1.82, 2.24) is 4.72 Å². The van der Waals surface area contributed by atoms with E-state index in [4.69, 9.17) is 5.73 Å². The van der Waals surface area contributed by atoms with Gasteiger partial charge in [0.1, 0.15) is 0 Å². The molecule has 6 nitrogen and oxygen atoms in total. The maximum atomic E-state index is 11.9. The van der Waals surface area contributed by atoms with Crippen LogP contribution >= 0.6 is 15.9 Å². The number of nitrogens with two attached hydrogens (primary N) is 1. The minimum absolute atomic E-state index is 0.0315. The van der Waals surface area contributed by atoms with Crippen LogP contribution in [0.1, 0.15) is 6.42 Å². The Morgan fingerprint density at radius 2 is 2.17 bits per heavy atom. The predicted molar refractivity (Wildman–Crippen MR) is 70.4 cm³/mol. The number of anilines is 1. The molecule has 0 atom stereocenters. The van der Waals surface area contributed by atoms with Crippen molar-refractivity contribution < 1.29 is 17.9 Å². The molecule has 1 aromatic carbocycles. The monoisotopic (exact) mass is 336 g/mol. The van der Waals surface area contributed by atoms with E-state index in [9.17, 15) is 13.2 Å². The lowest BCUT2D eigenvalue weighted by molar-refractivity contribution is -0.140. The number of rotatable bonds is 5. The second kappa shape index (κ2) is 6.17. The van der Waals surface area contributed by atoms with Crippen LogP contribution < -0.4 is 10.5 Å². The molecule has 1 rings (SSSR count). The number of hydrogen-bond acceptors (Lipinski definition) is 5. The summed E-state index contributed by atoms with van der Waals surface area (Å²) in [5, 5.41) is 0. The molecule has 3 N–H and O–H groups in total. The fraction of sp³-hybridized carbons (Fsp3) is 0.300. The summed E-state index contributed by atoms with van der Waals surface area (Å²) < 4.78 is 31.0. The number of nitrogens with one attached hydrogen (secondary N) is 1. The Bertz CT molecular complexity index is 545. The highest BCUT2D eigenvalue weighted by Gasteiger charge is 2.17. The molecule has 0 radical (unpaired) electrons. The van der Waals surface area contributed by atoms with Crippen LogP contribution in [0.4, 0.5) is 5.69 Å². The maximum Gasteiger partial charge on any atom is 0.306 e. The number of benzene rings is 1. The Labute approximate surface area is 114 Å². The van der Waals surface area contributed by atoms with Crippen molar-refractivity contribution in [3.63, 3.8) is 0 Å². The SMILES string of the molecule is COC(=O)CCNS(=O)(=O)c1cc(N)ccc1Br. The fourth-order valence-corrected chi connectivity index (χ4v) is 3.22. The number of halogens is 1. The van der Waals surface area contributed by atoms with Gasteiger partial charge in [-0.05, 0) is 34.1 Å². The zero-order valence-corrected chi connectivity index (χ0v) is 12.0. The van der Waals surface area contributed by atoms with Gasteiger partial charge in [-0.1, -0.05) is 0 Å². The molecule has 0 aliphatic carbocycles. The van der Waals surface area contributed by atoms with E-state index >= 15 is 0 Å². The average Bonchev–Trinajstić information content (AvgIpc) is 2.31. The molecule has 0 aromatic heterocycles. The van der Waals surface area contributed by atoms with Gasteiger partial charge in [0.25, 0.3) is 0 Å². The Morgan fingerprint density at radius 3 is 2.78 bits per heavy atom. The number of nitrogen functional groups attached to an aromatic ring is 1. The van der Waals surface area contributed by atoms with Crippen LogP contribution in [-0.2, 0) is 19.6 Å². The summed E-state index contributed by atoms with van der Waals surface area (Å²) >= 11 is 3.13. The van der Waals surface area contributed by atoms with Gasteiger partial charge in [-0.3, -0.25) is 4.79 Å². The van der Waals surface area contributed by atoms with E-state index in [1.165, 1.54) is 13.2 Å². The fourth-order valence-electron chi connectivity index (χ4n) is 1.19. The lowest BCUT2D eigenvalue weighted by Gasteiger charge is -2.08. The number of sulfonamides is 1. The van der Waals surface area contributed by atoms with Crippen LogP contribution in [0.15, 0.2) is 27.6 Å². The highest BCUT2D eigenvalue weighted by atomic mass is 79.9. The second-order valence-electron chi connectivity index (χ2n) is 3.41. The van der Waals surface area contributed by atoms with Crippen molar-refractivity contribution >= 4 is 37.6 Å². The van der Waals surface area contributed by atoms with Gasteiger partial charge in [-0.15, -0.1) is 0 Å². The molecule has 0 amide bonds. The quantitative estimate of drug-likeness (QED) is 0.614. The third-order valence-corrected chi connectivity index (χ3v) is 4.55. The Morgan fingerprint density at radius 1 is 1.50 bits per heavy atom. The van der Waals surface area contributed by atoms with E-state index in [-0.39, 0.29) is 17.9 Å². The largest absolute Gasteiger partial charge is 0.469 e. The molecule has 0 aliphatic rings. The van der Waals surface area contributed by atoms with E-state index in [0.29, 0.717) is 10.2 Å². The highest BCUT2D eigenvalue weighted by molar-refractivity contribution is 9.10. The molecular weight excluding hydrogens is 324 g/mol. The van der Waals surface area contributed by atoms with Crippen LogP contribution in [-0.4, -0.2) is 28.0 Å². The van der Waals surface area contributed by atoms with Gasteiger partial charge in [-0.25, -0.2) is 13.1 Å². The van der Waals surface area contributed by atoms with E-state index in [1.54, 1.807) is 12.1 Å². The first-order chi connectivity index (χ1) is 8.36. The zero-order valence-electron chi connectivity index (χ0n) is 9.64. The average molecular weight is 337 g/mol. The Balaban J connectivity index is 2.80. The zero-order chi connectivity index (χ0) is 13.8. The molecule has 1 aromatic rings. The first kappa shape index (κ1) is 14.9. The lowest BCUT2D eigenvalue weighted by Crippen LogP contribution is -2.27. The molecule has 8 heteroatoms. The molecule has 0 spiro atoms. The van der Waals surface area contributed by atoms with Crippen molar-refractivity contribution in [1.29, 1.82) is 0 Å². The van der Waals surface area contributed by atoms with E-state index < -0.39 is 16.0 Å². The minimum Gasteiger partial charge on any atom is -0.469 e. The number of hydrogen-bond donors (Lipinski definition) is 2. The van der Waals surface area contributed by atoms with Gasteiger partial charge in [0.05, 0.1) is 18.4 Å². The van der Waals surface area contributed by atoms with Crippen LogP contribution in [0.3, 0.4) is 0 Å². The van der Waals surface area contributed by atoms with Gasteiger partial charge in [-0.2, -0.15) is 0 Å². The van der Waals surface area contributed by atoms with Crippen LogP contribution in [0.25, 0.3) is 0 Å². The summed E-state index contributed by atoms with van der Waals surface area (Å²) in [6.07, 6.45) is -0.0321. The summed E-state index contributed by atoms with van der Waals surface area (Å²) in [5.41, 5.74) is 5.87. The van der Waals surface area contributed by atoms with Crippen LogP contribution in [0.2, 0.25) is 0 Å². The van der Waals surface area contributed by atoms with Crippen molar-refractivity contribution in [2.75, 3.05) is 19.4 Å². The molecule has 0 saturated carbocycles. The van der Waals surface area contributed by atoms with Gasteiger partial charge in [0.2, 0.25) is 10.0 Å². The number of esters is 1. The smallest absolute Gasteiger partial charge is 0.306 e. The maximum absolute atomic E-state index is 11.9. The van der Waals surface area contributed by atoms with Crippen molar-refractivity contribution in [2.24, 2.45) is 0 Å². The first-order valence-electron chi connectivity index (χ1n) is 4.98. The van der Waals surface area contributed by atoms with Crippen LogP contribution in [0, 0.1) is 0 Å². The molecule has 0 fully saturated rings.